The van der Waals surface area contributed by atoms with E-state index in [0.717, 1.165) is 12.1 Å². The minimum Gasteiger partial charge on any atom is -0.481 e. The van der Waals surface area contributed by atoms with Gasteiger partial charge in [0.15, 0.2) is 0 Å². The van der Waals surface area contributed by atoms with Gasteiger partial charge in [-0.2, -0.15) is 13.2 Å². The Kier molecular flexibility index (Phi) is 3.60. The first kappa shape index (κ1) is 15.1. The highest BCUT2D eigenvalue weighted by Gasteiger charge is 2.31. The number of hydrogen-bond donors (Lipinski definition) is 1. The van der Waals surface area contributed by atoms with Gasteiger partial charge in [-0.3, -0.25) is 4.79 Å². The lowest BCUT2D eigenvalue weighted by molar-refractivity contribution is -0.138. The molecule has 1 heterocycles. The van der Waals surface area contributed by atoms with Crippen LogP contribution in [0.1, 0.15) is 11.1 Å². The van der Waals surface area contributed by atoms with E-state index in [1.165, 1.54) is 12.3 Å². The number of hydrogen-bond acceptors (Lipinski definition) is 2. The third-order valence-electron chi connectivity index (χ3n) is 3.51. The summed E-state index contributed by atoms with van der Waals surface area (Å²) in [4.78, 5) is 11.0. The van der Waals surface area contributed by atoms with E-state index in [4.69, 9.17) is 9.52 Å². The quantitative estimate of drug-likeness (QED) is 0.761. The number of alkyl halides is 3. The Morgan fingerprint density at radius 1 is 1.09 bits per heavy atom. The normalized spacial score (nSPS) is 11.8. The van der Waals surface area contributed by atoms with E-state index in [-0.39, 0.29) is 6.42 Å². The molecule has 0 fully saturated rings. The monoisotopic (exact) mass is 320 g/mol. The van der Waals surface area contributed by atoms with E-state index >= 15 is 0 Å². The van der Waals surface area contributed by atoms with E-state index in [1.54, 1.807) is 24.3 Å². The first-order valence-electron chi connectivity index (χ1n) is 6.75. The Morgan fingerprint density at radius 2 is 1.87 bits per heavy atom. The lowest BCUT2D eigenvalue weighted by Gasteiger charge is -2.09. The van der Waals surface area contributed by atoms with E-state index in [1.807, 2.05) is 0 Å². The molecule has 0 amide bonds. The molecule has 1 aromatic carbocycles. The van der Waals surface area contributed by atoms with Gasteiger partial charge in [-0.15, -0.1) is 0 Å². The number of carboxylic acids is 1. The fourth-order valence-electron chi connectivity index (χ4n) is 2.56. The van der Waals surface area contributed by atoms with Gasteiger partial charge in [0, 0.05) is 11.1 Å². The van der Waals surface area contributed by atoms with Crippen LogP contribution >= 0.6 is 0 Å². The third kappa shape index (κ3) is 2.92. The van der Waals surface area contributed by atoms with Crippen molar-refractivity contribution in [1.29, 1.82) is 0 Å². The van der Waals surface area contributed by atoms with Crippen LogP contribution in [0.15, 0.2) is 53.1 Å². The van der Waals surface area contributed by atoms with Crippen LogP contribution in [0.5, 0.6) is 0 Å². The summed E-state index contributed by atoms with van der Waals surface area (Å²) in [5.74, 6) is -0.658. The minimum absolute atomic E-state index is 0.261. The van der Waals surface area contributed by atoms with Crippen LogP contribution in [0.25, 0.3) is 22.5 Å². The van der Waals surface area contributed by atoms with E-state index in [9.17, 15) is 18.0 Å². The molecule has 1 aromatic rings. The number of fused-ring (bicyclic) bond motifs is 1. The molecule has 1 N–H and O–H groups in total. The Balaban J connectivity index is 2.15. The highest BCUT2D eigenvalue weighted by Crippen LogP contribution is 2.40. The molecule has 0 spiro atoms. The molecule has 118 valence electrons. The highest BCUT2D eigenvalue weighted by atomic mass is 19.4. The van der Waals surface area contributed by atoms with Crippen molar-refractivity contribution in [2.45, 2.75) is 12.6 Å². The minimum atomic E-state index is -4.44. The van der Waals surface area contributed by atoms with Crippen LogP contribution in [0, 0.1) is 0 Å². The van der Waals surface area contributed by atoms with Gasteiger partial charge in [-0.1, -0.05) is 12.1 Å². The van der Waals surface area contributed by atoms with Crippen molar-refractivity contribution >= 4 is 5.97 Å². The van der Waals surface area contributed by atoms with Gasteiger partial charge in [0.25, 0.3) is 0 Å². The van der Waals surface area contributed by atoms with Crippen LogP contribution in [0.4, 0.5) is 13.2 Å². The highest BCUT2D eigenvalue weighted by molar-refractivity contribution is 5.88. The Labute approximate surface area is 129 Å². The number of halogens is 3. The fourth-order valence-corrected chi connectivity index (χ4v) is 2.56. The van der Waals surface area contributed by atoms with Crippen molar-refractivity contribution in [3.05, 3.63) is 59.9 Å². The fraction of sp³-hybridized carbons (Fsp3) is 0.118. The van der Waals surface area contributed by atoms with Gasteiger partial charge in [-0.05, 0) is 41.5 Å². The number of carboxylic acid groups (broad SMARTS) is 1. The zero-order valence-electron chi connectivity index (χ0n) is 11.7. The summed E-state index contributed by atoms with van der Waals surface area (Å²) in [6, 6.07) is 9.81. The molecule has 1 aliphatic carbocycles. The largest absolute Gasteiger partial charge is 0.481 e. The summed E-state index contributed by atoms with van der Waals surface area (Å²) in [6.07, 6.45) is -3.29. The van der Waals surface area contributed by atoms with Crippen molar-refractivity contribution in [1.82, 2.24) is 0 Å². The van der Waals surface area contributed by atoms with Gasteiger partial charge in [0.2, 0.25) is 0 Å². The van der Waals surface area contributed by atoms with Gasteiger partial charge < -0.3 is 9.52 Å². The van der Waals surface area contributed by atoms with E-state index < -0.39 is 17.7 Å². The van der Waals surface area contributed by atoms with Crippen molar-refractivity contribution in [2.75, 3.05) is 0 Å². The standard InChI is InChI=1S/C17H11F3O3/c18-17(19,20)12-4-1-3-10(7-12)14-8-11(9-15(21)22)16-13(14)5-2-6-23-16/h1-8H,9H2,(H,21,22). The molecular weight excluding hydrogens is 309 g/mol. The summed E-state index contributed by atoms with van der Waals surface area (Å²) >= 11 is 0. The maximum absolute atomic E-state index is 12.9. The molecule has 0 aromatic heterocycles. The van der Waals surface area contributed by atoms with Crippen molar-refractivity contribution in [2.24, 2.45) is 0 Å². The Morgan fingerprint density at radius 3 is 2.57 bits per heavy atom. The van der Waals surface area contributed by atoms with Gasteiger partial charge >= 0.3 is 12.1 Å². The van der Waals surface area contributed by atoms with Gasteiger partial charge in [-0.25, -0.2) is 0 Å². The smallest absolute Gasteiger partial charge is 0.416 e. The average Bonchev–Trinajstić information content (AvgIpc) is 2.85. The van der Waals surface area contributed by atoms with E-state index in [2.05, 4.69) is 0 Å². The van der Waals surface area contributed by atoms with Crippen LogP contribution < -0.4 is 0 Å². The summed E-state index contributed by atoms with van der Waals surface area (Å²) in [5.41, 5.74) is 1.15. The van der Waals surface area contributed by atoms with E-state index in [0.29, 0.717) is 28.0 Å². The molecule has 0 radical (unpaired) electrons. The molecule has 3 nitrogen and oxygen atoms in total. The summed E-state index contributed by atoms with van der Waals surface area (Å²) < 4.78 is 44.0. The Hall–Kier alpha value is -2.76. The number of benzene rings is 1. The predicted molar refractivity (Wildman–Crippen MR) is 77.1 cm³/mol. The topological polar surface area (TPSA) is 50.4 Å². The second-order valence-corrected chi connectivity index (χ2v) is 5.09. The molecule has 6 heteroatoms. The molecule has 0 atom stereocenters. The molecule has 2 aliphatic rings. The summed E-state index contributed by atoms with van der Waals surface area (Å²) in [5, 5.41) is 8.97. The zero-order chi connectivity index (χ0) is 16.6. The maximum Gasteiger partial charge on any atom is 0.416 e. The average molecular weight is 320 g/mol. The van der Waals surface area contributed by atoms with Crippen molar-refractivity contribution < 1.29 is 27.5 Å². The molecule has 0 saturated carbocycles. The molecule has 3 rings (SSSR count). The van der Waals surface area contributed by atoms with Crippen LogP contribution in [-0.4, -0.2) is 11.1 Å². The molecule has 0 bridgehead atoms. The molecule has 0 unspecified atom stereocenters. The third-order valence-corrected chi connectivity index (χ3v) is 3.51. The van der Waals surface area contributed by atoms with Crippen molar-refractivity contribution in [3.63, 3.8) is 0 Å². The van der Waals surface area contributed by atoms with Gasteiger partial charge in [0.05, 0.1) is 18.2 Å². The number of aliphatic carboxylic acids is 1. The second kappa shape index (κ2) is 5.46. The first-order valence-corrected chi connectivity index (χ1v) is 6.75. The van der Waals surface area contributed by atoms with Crippen LogP contribution in [0.2, 0.25) is 0 Å². The van der Waals surface area contributed by atoms with Crippen LogP contribution in [0.3, 0.4) is 0 Å². The van der Waals surface area contributed by atoms with Crippen LogP contribution in [-0.2, 0) is 17.4 Å². The molecule has 0 saturated heterocycles. The molecule has 1 aliphatic heterocycles. The predicted octanol–water partition coefficient (Wildman–Crippen LogP) is 4.70. The zero-order valence-corrected chi connectivity index (χ0v) is 11.7. The molecule has 23 heavy (non-hydrogen) atoms. The number of rotatable bonds is 3. The number of carbonyl (C=O) groups is 1. The van der Waals surface area contributed by atoms with Crippen molar-refractivity contribution in [3.8, 4) is 22.5 Å². The lowest BCUT2D eigenvalue weighted by Crippen LogP contribution is -2.04. The second-order valence-electron chi connectivity index (χ2n) is 5.09. The Bertz CT molecular complexity index is 833. The molecular formula is C17H11F3O3. The summed E-state index contributed by atoms with van der Waals surface area (Å²) in [6.45, 7) is 0. The van der Waals surface area contributed by atoms with Gasteiger partial charge in [0.1, 0.15) is 5.76 Å². The first-order chi connectivity index (χ1) is 10.9. The maximum atomic E-state index is 12.9. The summed E-state index contributed by atoms with van der Waals surface area (Å²) in [7, 11) is 0. The lowest BCUT2D eigenvalue weighted by atomic mass is 10.0. The SMILES string of the molecule is O=C(O)Cc1cc(-c2cccc(C(F)(F)F)c2)c2cccoc1-2.